The minimum absolute atomic E-state index is 0.155. The van der Waals surface area contributed by atoms with Crippen LogP contribution in [0.3, 0.4) is 0 Å². The van der Waals surface area contributed by atoms with Crippen molar-refractivity contribution in [3.8, 4) is 0 Å². The van der Waals surface area contributed by atoms with Crippen LogP contribution in [0.5, 0.6) is 0 Å². The van der Waals surface area contributed by atoms with E-state index in [0.29, 0.717) is 5.25 Å². The number of likely N-dealkylation sites (N-methyl/N-ethyl adjacent to an activating group) is 1. The largest absolute Gasteiger partial charge is 0.472 e. The smallest absolute Gasteiger partial charge is 0.0947 e. The van der Waals surface area contributed by atoms with E-state index < -0.39 is 0 Å². The SMILES string of the molecule is CC1SCCC1(CN)N(C)Cc1ccoc1. The summed E-state index contributed by atoms with van der Waals surface area (Å²) in [7, 11) is 2.17. The highest BCUT2D eigenvalue weighted by Gasteiger charge is 2.42. The van der Waals surface area contributed by atoms with Crippen molar-refractivity contribution in [2.24, 2.45) is 5.73 Å². The molecule has 2 atom stereocenters. The first kappa shape index (κ1) is 12.0. The number of hydrogen-bond donors (Lipinski definition) is 1. The molecule has 1 fully saturated rings. The maximum Gasteiger partial charge on any atom is 0.0947 e. The fourth-order valence-electron chi connectivity index (χ4n) is 2.51. The van der Waals surface area contributed by atoms with Crippen molar-refractivity contribution in [2.75, 3.05) is 19.3 Å². The lowest BCUT2D eigenvalue weighted by atomic mass is 9.90. The zero-order chi connectivity index (χ0) is 11.6. The third-order valence-corrected chi connectivity index (χ3v) is 5.15. The Hall–Kier alpha value is -0.450. The number of nitrogens with zero attached hydrogens (tertiary/aromatic N) is 1. The van der Waals surface area contributed by atoms with Gasteiger partial charge in [0.2, 0.25) is 0 Å². The van der Waals surface area contributed by atoms with Crippen LogP contribution in [0.4, 0.5) is 0 Å². The van der Waals surface area contributed by atoms with Crippen molar-refractivity contribution in [1.82, 2.24) is 4.90 Å². The van der Waals surface area contributed by atoms with Crippen molar-refractivity contribution >= 4 is 11.8 Å². The molecule has 0 radical (unpaired) electrons. The second-order valence-corrected chi connectivity index (χ2v) is 6.01. The summed E-state index contributed by atoms with van der Waals surface area (Å²) >= 11 is 2.02. The summed E-state index contributed by atoms with van der Waals surface area (Å²) in [6, 6.07) is 2.02. The lowest BCUT2D eigenvalue weighted by molar-refractivity contribution is 0.121. The fourth-order valence-corrected chi connectivity index (χ4v) is 4.04. The quantitative estimate of drug-likeness (QED) is 0.873. The summed E-state index contributed by atoms with van der Waals surface area (Å²) in [5.74, 6) is 1.22. The monoisotopic (exact) mass is 240 g/mol. The predicted octanol–water partition coefficient (Wildman–Crippen LogP) is 1.93. The van der Waals surface area contributed by atoms with Gasteiger partial charge in [0, 0.05) is 29.4 Å². The lowest BCUT2D eigenvalue weighted by Crippen LogP contribution is -2.55. The topological polar surface area (TPSA) is 42.4 Å². The Morgan fingerprint density at radius 3 is 3.00 bits per heavy atom. The van der Waals surface area contributed by atoms with Gasteiger partial charge < -0.3 is 10.2 Å². The first-order valence-electron chi connectivity index (χ1n) is 5.73. The maximum atomic E-state index is 6.01. The molecule has 1 aliphatic heterocycles. The van der Waals surface area contributed by atoms with Gasteiger partial charge in [0.05, 0.1) is 12.5 Å². The van der Waals surface area contributed by atoms with Gasteiger partial charge >= 0.3 is 0 Å². The second-order valence-electron chi connectivity index (χ2n) is 4.56. The van der Waals surface area contributed by atoms with E-state index in [-0.39, 0.29) is 5.54 Å². The van der Waals surface area contributed by atoms with Crippen LogP contribution < -0.4 is 5.73 Å². The van der Waals surface area contributed by atoms with Gasteiger partial charge in [-0.2, -0.15) is 11.8 Å². The zero-order valence-corrected chi connectivity index (χ0v) is 10.8. The standard InChI is InChI=1S/C12H20N2OS/c1-10-12(9-13,4-6-16-10)14(2)7-11-3-5-15-8-11/h3,5,8,10H,4,6-7,9,13H2,1-2H3. The first-order valence-corrected chi connectivity index (χ1v) is 6.78. The molecular formula is C12H20N2OS. The normalized spacial score (nSPS) is 30.1. The van der Waals surface area contributed by atoms with Crippen LogP contribution in [0.1, 0.15) is 18.9 Å². The molecule has 2 heterocycles. The fraction of sp³-hybridized carbons (Fsp3) is 0.667. The molecule has 0 aliphatic carbocycles. The van der Waals surface area contributed by atoms with Crippen LogP contribution in [0, 0.1) is 0 Å². The Balaban J connectivity index is 2.09. The summed E-state index contributed by atoms with van der Waals surface area (Å²) in [6.07, 6.45) is 4.72. The molecule has 1 aromatic heterocycles. The number of nitrogens with two attached hydrogens (primary N) is 1. The molecule has 0 amide bonds. The van der Waals surface area contributed by atoms with Gasteiger partial charge in [0.1, 0.15) is 0 Å². The molecule has 0 saturated carbocycles. The van der Waals surface area contributed by atoms with E-state index in [2.05, 4.69) is 18.9 Å². The first-order chi connectivity index (χ1) is 7.69. The zero-order valence-electron chi connectivity index (χ0n) is 9.98. The van der Waals surface area contributed by atoms with E-state index in [1.54, 1.807) is 6.26 Å². The predicted molar refractivity (Wildman–Crippen MR) is 68.5 cm³/mol. The van der Waals surface area contributed by atoms with Crippen LogP contribution in [-0.2, 0) is 6.54 Å². The van der Waals surface area contributed by atoms with Gasteiger partial charge in [-0.3, -0.25) is 4.90 Å². The van der Waals surface area contributed by atoms with E-state index in [1.807, 2.05) is 24.1 Å². The Morgan fingerprint density at radius 1 is 1.69 bits per heavy atom. The number of hydrogen-bond acceptors (Lipinski definition) is 4. The lowest BCUT2D eigenvalue weighted by Gasteiger charge is -2.40. The summed E-state index contributed by atoms with van der Waals surface area (Å²) < 4.78 is 5.11. The van der Waals surface area contributed by atoms with Crippen LogP contribution in [0.15, 0.2) is 23.0 Å². The Bertz CT molecular complexity index is 328. The van der Waals surface area contributed by atoms with Gasteiger partial charge in [0.25, 0.3) is 0 Å². The summed E-state index contributed by atoms with van der Waals surface area (Å²) in [6.45, 7) is 3.94. The molecule has 1 aromatic rings. The van der Waals surface area contributed by atoms with Gasteiger partial charge in [-0.15, -0.1) is 0 Å². The van der Waals surface area contributed by atoms with Crippen LogP contribution >= 0.6 is 11.8 Å². The second kappa shape index (κ2) is 4.82. The number of furan rings is 1. The highest BCUT2D eigenvalue weighted by atomic mass is 32.2. The number of rotatable bonds is 4. The third kappa shape index (κ3) is 2.01. The Kier molecular flexibility index (Phi) is 3.62. The average molecular weight is 240 g/mol. The van der Waals surface area contributed by atoms with Crippen molar-refractivity contribution in [1.29, 1.82) is 0 Å². The van der Waals surface area contributed by atoms with Crippen molar-refractivity contribution in [3.05, 3.63) is 24.2 Å². The van der Waals surface area contributed by atoms with E-state index in [0.717, 1.165) is 13.1 Å². The van der Waals surface area contributed by atoms with E-state index in [4.69, 9.17) is 10.2 Å². The van der Waals surface area contributed by atoms with Crippen LogP contribution in [0.2, 0.25) is 0 Å². The third-order valence-electron chi connectivity index (χ3n) is 3.77. The molecule has 3 nitrogen and oxygen atoms in total. The molecular weight excluding hydrogens is 220 g/mol. The highest BCUT2D eigenvalue weighted by Crippen LogP contribution is 2.39. The summed E-state index contributed by atoms with van der Waals surface area (Å²) in [4.78, 5) is 2.39. The van der Waals surface area contributed by atoms with Crippen molar-refractivity contribution < 1.29 is 4.42 Å². The molecule has 1 aliphatic rings. The molecule has 2 unspecified atom stereocenters. The van der Waals surface area contributed by atoms with Crippen molar-refractivity contribution in [3.63, 3.8) is 0 Å². The molecule has 16 heavy (non-hydrogen) atoms. The molecule has 90 valence electrons. The van der Waals surface area contributed by atoms with Gasteiger partial charge in [-0.05, 0) is 25.3 Å². The number of thioether (sulfide) groups is 1. The van der Waals surface area contributed by atoms with Crippen LogP contribution in [0.25, 0.3) is 0 Å². The highest BCUT2D eigenvalue weighted by molar-refractivity contribution is 8.00. The molecule has 0 bridgehead atoms. The van der Waals surface area contributed by atoms with E-state index >= 15 is 0 Å². The molecule has 0 aromatic carbocycles. The van der Waals surface area contributed by atoms with Crippen LogP contribution in [-0.4, -0.2) is 35.0 Å². The van der Waals surface area contributed by atoms with E-state index in [1.165, 1.54) is 17.7 Å². The van der Waals surface area contributed by atoms with Gasteiger partial charge in [-0.1, -0.05) is 6.92 Å². The minimum atomic E-state index is 0.155. The van der Waals surface area contributed by atoms with Gasteiger partial charge in [-0.25, -0.2) is 0 Å². The van der Waals surface area contributed by atoms with E-state index in [9.17, 15) is 0 Å². The average Bonchev–Trinajstić information content (AvgIpc) is 2.88. The molecule has 2 rings (SSSR count). The molecule has 1 saturated heterocycles. The molecule has 2 N–H and O–H groups in total. The van der Waals surface area contributed by atoms with Crippen molar-refractivity contribution in [2.45, 2.75) is 30.7 Å². The maximum absolute atomic E-state index is 6.01. The van der Waals surface area contributed by atoms with Gasteiger partial charge in [0.15, 0.2) is 0 Å². The Labute approximate surface area is 101 Å². The summed E-state index contributed by atoms with van der Waals surface area (Å²) in [5, 5.41) is 0.606. The molecule has 4 heteroatoms. The summed E-state index contributed by atoms with van der Waals surface area (Å²) in [5.41, 5.74) is 7.39. The minimum Gasteiger partial charge on any atom is -0.472 e. The molecule has 0 spiro atoms. The Morgan fingerprint density at radius 2 is 2.50 bits per heavy atom.